The quantitative estimate of drug-likeness (QED) is 0.281. The van der Waals surface area contributed by atoms with Crippen LogP contribution in [0.15, 0.2) is 92.8 Å². The molecule has 0 atom stereocenters. The number of nitrogens with zero attached hydrogens (tertiary/aromatic N) is 6. The minimum atomic E-state index is 0.546. The fourth-order valence-corrected chi connectivity index (χ4v) is 4.67. The standard InChI is InChI=1S/C29H32B2N6O/c1-3-26(27-32-16-18-36(27)30)34-24-12-8-22(9-13-24)20-4-6-21(7-5-20)23-10-14-25(15-11-23)35-29(38-2)28-33-17-19-37(28)31/h4-15H,3,16-19,30-31H2,1-2H3/b34-26+,35-29-. The van der Waals surface area contributed by atoms with E-state index in [0.717, 1.165) is 72.5 Å². The van der Waals surface area contributed by atoms with Crippen LogP contribution in [0.5, 0.6) is 0 Å². The largest absolute Gasteiger partial charge is 0.478 e. The molecule has 0 saturated heterocycles. The zero-order chi connectivity index (χ0) is 26.5. The van der Waals surface area contributed by atoms with Crippen LogP contribution in [0.1, 0.15) is 13.3 Å². The molecule has 38 heavy (non-hydrogen) atoms. The number of amidine groups is 2. The Morgan fingerprint density at radius 3 is 1.53 bits per heavy atom. The summed E-state index contributed by atoms with van der Waals surface area (Å²) in [5.41, 5.74) is 7.47. The summed E-state index contributed by atoms with van der Waals surface area (Å²) >= 11 is 0. The third-order valence-corrected chi connectivity index (χ3v) is 6.88. The maximum Gasteiger partial charge on any atom is 0.256 e. The van der Waals surface area contributed by atoms with Gasteiger partial charge in [0, 0.05) is 13.1 Å². The van der Waals surface area contributed by atoms with E-state index in [2.05, 4.69) is 100 Å². The molecule has 0 amide bonds. The van der Waals surface area contributed by atoms with Crippen molar-refractivity contribution in [2.75, 3.05) is 33.3 Å². The van der Waals surface area contributed by atoms with Gasteiger partial charge < -0.3 is 14.4 Å². The van der Waals surface area contributed by atoms with Crippen LogP contribution in [-0.2, 0) is 4.74 Å². The second-order valence-electron chi connectivity index (χ2n) is 9.46. The van der Waals surface area contributed by atoms with Gasteiger partial charge in [-0.25, -0.2) is 9.98 Å². The number of aliphatic imine (C=N–C) groups is 4. The van der Waals surface area contributed by atoms with Crippen molar-refractivity contribution in [3.05, 3.63) is 72.8 Å². The Morgan fingerprint density at radius 1 is 0.711 bits per heavy atom. The van der Waals surface area contributed by atoms with Crippen LogP contribution in [0.25, 0.3) is 22.3 Å². The van der Waals surface area contributed by atoms with Gasteiger partial charge >= 0.3 is 0 Å². The first-order chi connectivity index (χ1) is 18.6. The molecule has 0 spiro atoms. The number of hydrogen-bond donors (Lipinski definition) is 0. The number of hydrogen-bond acceptors (Lipinski definition) is 7. The maximum absolute atomic E-state index is 5.50. The summed E-state index contributed by atoms with van der Waals surface area (Å²) in [5.74, 6) is 2.36. The lowest BCUT2D eigenvalue weighted by Gasteiger charge is -2.15. The van der Waals surface area contributed by atoms with Gasteiger partial charge in [0.25, 0.3) is 5.90 Å². The molecule has 3 aromatic carbocycles. The average Bonchev–Trinajstić information content (AvgIpc) is 3.59. The Morgan fingerprint density at radius 2 is 1.13 bits per heavy atom. The lowest BCUT2D eigenvalue weighted by atomic mass is 10.00. The van der Waals surface area contributed by atoms with Gasteiger partial charge in [0.2, 0.25) is 16.0 Å². The van der Waals surface area contributed by atoms with E-state index in [4.69, 9.17) is 9.73 Å². The highest BCUT2D eigenvalue weighted by atomic mass is 16.5. The van der Waals surface area contributed by atoms with Crippen LogP contribution in [0.2, 0.25) is 0 Å². The Bertz CT molecular complexity index is 1290. The van der Waals surface area contributed by atoms with E-state index in [1.807, 2.05) is 20.1 Å². The molecule has 3 aromatic rings. The molecule has 2 heterocycles. The predicted molar refractivity (Wildman–Crippen MR) is 164 cm³/mol. The second-order valence-corrected chi connectivity index (χ2v) is 9.46. The van der Waals surface area contributed by atoms with Gasteiger partial charge in [-0.15, -0.1) is 0 Å². The monoisotopic (exact) mass is 502 g/mol. The molecule has 2 aliphatic heterocycles. The molecule has 0 unspecified atom stereocenters. The first kappa shape index (κ1) is 25.5. The summed E-state index contributed by atoms with van der Waals surface area (Å²) in [6, 6.07) is 25.3. The van der Waals surface area contributed by atoms with E-state index in [1.54, 1.807) is 7.11 Å². The summed E-state index contributed by atoms with van der Waals surface area (Å²) in [7, 11) is 5.72. The van der Waals surface area contributed by atoms with E-state index in [0.29, 0.717) is 5.90 Å². The molecule has 0 bridgehead atoms. The summed E-state index contributed by atoms with van der Waals surface area (Å²) in [6.07, 6.45) is 0.861. The molecule has 0 radical (unpaired) electrons. The van der Waals surface area contributed by atoms with Crippen molar-refractivity contribution >= 4 is 50.6 Å². The molecule has 0 saturated carbocycles. The van der Waals surface area contributed by atoms with Crippen molar-refractivity contribution in [3.63, 3.8) is 0 Å². The minimum absolute atomic E-state index is 0.546. The highest BCUT2D eigenvalue weighted by molar-refractivity contribution is 6.46. The van der Waals surface area contributed by atoms with Crippen molar-refractivity contribution in [2.45, 2.75) is 13.3 Å². The molecule has 0 aromatic heterocycles. The van der Waals surface area contributed by atoms with Gasteiger partial charge in [-0.3, -0.25) is 9.98 Å². The molecule has 2 aliphatic rings. The lowest BCUT2D eigenvalue weighted by molar-refractivity contribution is 0.408. The average molecular weight is 502 g/mol. The highest BCUT2D eigenvalue weighted by Gasteiger charge is 2.19. The van der Waals surface area contributed by atoms with Crippen LogP contribution in [0.3, 0.4) is 0 Å². The van der Waals surface area contributed by atoms with E-state index in [9.17, 15) is 0 Å². The normalized spacial score (nSPS) is 16.1. The first-order valence-electron chi connectivity index (χ1n) is 13.1. The van der Waals surface area contributed by atoms with Gasteiger partial charge in [-0.05, 0) is 52.9 Å². The zero-order valence-corrected chi connectivity index (χ0v) is 22.6. The molecule has 7 nitrogen and oxygen atoms in total. The van der Waals surface area contributed by atoms with E-state index >= 15 is 0 Å². The van der Waals surface area contributed by atoms with Crippen LogP contribution >= 0.6 is 0 Å². The van der Waals surface area contributed by atoms with Crippen LogP contribution in [-0.4, -0.2) is 82.2 Å². The third kappa shape index (κ3) is 5.57. The minimum Gasteiger partial charge on any atom is -0.478 e. The first-order valence-corrected chi connectivity index (χ1v) is 13.1. The smallest absolute Gasteiger partial charge is 0.256 e. The summed E-state index contributed by atoms with van der Waals surface area (Å²) in [4.78, 5) is 22.9. The Hall–Kier alpha value is -4.13. The summed E-state index contributed by atoms with van der Waals surface area (Å²) in [5, 5.41) is 0. The molecular formula is C29H32B2N6O. The molecule has 5 rings (SSSR count). The van der Waals surface area contributed by atoms with Crippen LogP contribution in [0.4, 0.5) is 11.4 Å². The van der Waals surface area contributed by atoms with Gasteiger partial charge in [-0.1, -0.05) is 55.5 Å². The van der Waals surface area contributed by atoms with Gasteiger partial charge in [0.05, 0.1) is 37.3 Å². The second kappa shape index (κ2) is 11.5. The van der Waals surface area contributed by atoms with Crippen LogP contribution < -0.4 is 0 Å². The topological polar surface area (TPSA) is 65.2 Å². The predicted octanol–water partition coefficient (Wildman–Crippen LogP) is 3.70. The van der Waals surface area contributed by atoms with Crippen molar-refractivity contribution in [1.29, 1.82) is 0 Å². The molecule has 0 fully saturated rings. The van der Waals surface area contributed by atoms with Crippen molar-refractivity contribution < 1.29 is 4.74 Å². The maximum atomic E-state index is 5.50. The van der Waals surface area contributed by atoms with Gasteiger partial charge in [-0.2, -0.15) is 0 Å². The van der Waals surface area contributed by atoms with Crippen molar-refractivity contribution in [3.8, 4) is 22.3 Å². The van der Waals surface area contributed by atoms with Gasteiger partial charge in [0.15, 0.2) is 5.84 Å². The number of methoxy groups -OCH3 is 1. The Labute approximate surface area is 226 Å². The van der Waals surface area contributed by atoms with Crippen molar-refractivity contribution in [2.24, 2.45) is 20.0 Å². The zero-order valence-electron chi connectivity index (χ0n) is 22.6. The van der Waals surface area contributed by atoms with E-state index < -0.39 is 0 Å². The Balaban J connectivity index is 1.28. The van der Waals surface area contributed by atoms with Crippen molar-refractivity contribution in [1.82, 2.24) is 9.62 Å². The fourth-order valence-electron chi connectivity index (χ4n) is 4.67. The molecule has 0 N–H and O–H groups in total. The lowest BCUT2D eigenvalue weighted by Crippen LogP contribution is -2.32. The highest BCUT2D eigenvalue weighted by Crippen LogP contribution is 2.28. The molecular weight excluding hydrogens is 470 g/mol. The Kier molecular flexibility index (Phi) is 7.73. The molecule has 0 aliphatic carbocycles. The summed E-state index contributed by atoms with van der Waals surface area (Å²) in [6.45, 7) is 5.60. The number of benzene rings is 3. The number of ether oxygens (including phenoxy) is 1. The fraction of sp³-hybridized carbons (Fsp3) is 0.241. The summed E-state index contributed by atoms with van der Waals surface area (Å²) < 4.78 is 5.50. The van der Waals surface area contributed by atoms with E-state index in [1.165, 1.54) is 11.1 Å². The third-order valence-electron chi connectivity index (χ3n) is 6.88. The van der Waals surface area contributed by atoms with Crippen LogP contribution in [0, 0.1) is 0 Å². The molecule has 190 valence electrons. The van der Waals surface area contributed by atoms with E-state index in [-0.39, 0.29) is 0 Å². The van der Waals surface area contributed by atoms with Gasteiger partial charge in [0.1, 0.15) is 5.84 Å². The molecule has 9 heteroatoms. The number of rotatable bonds is 7. The SMILES string of the molecule is BN1CCN=C1/C(=N/c1ccc(-c2ccc(-c3ccc(/N=C(\CC)C4=NCCN4B)cc3)cc2)cc1)OC.